The molecule has 0 spiro atoms. The number of methoxy groups -OCH3 is 2. The Kier molecular flexibility index (Phi) is 5.89. The molecular weight excluding hydrogens is 374 g/mol. The standard InChI is InChI=1S/C22H23NO6/c1-13-4-6-14(7-5-13)20(25)18-19(23(10-11-24)22(27)21(18)26)16-9-8-15(28-2)12-17(16)29-3/h4-9,12,19,24-25H,10-11H2,1-3H3. The van der Waals surface area contributed by atoms with Crippen molar-refractivity contribution in [3.8, 4) is 11.5 Å². The highest BCUT2D eigenvalue weighted by molar-refractivity contribution is 6.46. The van der Waals surface area contributed by atoms with Gasteiger partial charge in [-0.25, -0.2) is 0 Å². The molecule has 1 saturated heterocycles. The molecule has 152 valence electrons. The van der Waals surface area contributed by atoms with Gasteiger partial charge in [0.2, 0.25) is 0 Å². The lowest BCUT2D eigenvalue weighted by Gasteiger charge is -2.26. The highest BCUT2D eigenvalue weighted by Crippen LogP contribution is 2.43. The lowest BCUT2D eigenvalue weighted by atomic mass is 9.94. The number of Topliss-reactive ketones (excluding diaryl/α,β-unsaturated/α-hetero) is 1. The third-order valence-corrected chi connectivity index (χ3v) is 4.94. The van der Waals surface area contributed by atoms with Gasteiger partial charge in [0, 0.05) is 23.7 Å². The first-order valence-electron chi connectivity index (χ1n) is 9.11. The summed E-state index contributed by atoms with van der Waals surface area (Å²) < 4.78 is 10.7. The summed E-state index contributed by atoms with van der Waals surface area (Å²) in [5.41, 5.74) is 1.89. The minimum atomic E-state index is -0.899. The smallest absolute Gasteiger partial charge is 0.295 e. The van der Waals surface area contributed by atoms with Crippen LogP contribution >= 0.6 is 0 Å². The molecular formula is C22H23NO6. The number of rotatable bonds is 6. The number of ether oxygens (including phenoxy) is 2. The van der Waals surface area contributed by atoms with E-state index in [-0.39, 0.29) is 24.5 Å². The quantitative estimate of drug-likeness (QED) is 0.442. The van der Waals surface area contributed by atoms with E-state index in [4.69, 9.17) is 9.47 Å². The van der Waals surface area contributed by atoms with Gasteiger partial charge in [-0.3, -0.25) is 9.59 Å². The fourth-order valence-corrected chi connectivity index (χ4v) is 3.45. The first-order chi connectivity index (χ1) is 13.9. The molecule has 7 nitrogen and oxygen atoms in total. The van der Waals surface area contributed by atoms with Gasteiger partial charge in [0.1, 0.15) is 17.3 Å². The Morgan fingerprint density at radius 1 is 1.07 bits per heavy atom. The molecule has 29 heavy (non-hydrogen) atoms. The molecule has 1 unspecified atom stereocenters. The molecule has 0 radical (unpaired) electrons. The van der Waals surface area contributed by atoms with Crippen LogP contribution in [-0.4, -0.2) is 54.2 Å². The van der Waals surface area contributed by atoms with Crippen molar-refractivity contribution in [1.29, 1.82) is 0 Å². The second-order valence-corrected chi connectivity index (χ2v) is 6.69. The van der Waals surface area contributed by atoms with E-state index >= 15 is 0 Å². The SMILES string of the molecule is COc1ccc(C2C(=C(O)c3ccc(C)cc3)C(=O)C(=O)N2CCO)c(OC)c1. The maximum Gasteiger partial charge on any atom is 0.295 e. The zero-order valence-corrected chi connectivity index (χ0v) is 16.5. The van der Waals surface area contributed by atoms with Crippen molar-refractivity contribution in [2.24, 2.45) is 0 Å². The summed E-state index contributed by atoms with van der Waals surface area (Å²) in [6.07, 6.45) is 0. The summed E-state index contributed by atoms with van der Waals surface area (Å²) in [5.74, 6) is -0.918. The molecule has 1 aliphatic rings. The average Bonchev–Trinajstić information content (AvgIpc) is 2.98. The summed E-state index contributed by atoms with van der Waals surface area (Å²) in [6, 6.07) is 11.1. The number of amides is 1. The minimum Gasteiger partial charge on any atom is -0.507 e. The highest BCUT2D eigenvalue weighted by atomic mass is 16.5. The molecule has 1 atom stereocenters. The van der Waals surface area contributed by atoms with Crippen LogP contribution in [0.4, 0.5) is 0 Å². The molecule has 1 amide bonds. The van der Waals surface area contributed by atoms with Gasteiger partial charge in [-0.1, -0.05) is 29.8 Å². The number of aliphatic hydroxyl groups is 2. The maximum atomic E-state index is 12.8. The molecule has 0 aromatic heterocycles. The number of carbonyl (C=O) groups is 2. The predicted molar refractivity (Wildman–Crippen MR) is 107 cm³/mol. The van der Waals surface area contributed by atoms with Crippen molar-refractivity contribution >= 4 is 17.4 Å². The van der Waals surface area contributed by atoms with Crippen LogP contribution in [0.25, 0.3) is 5.76 Å². The third-order valence-electron chi connectivity index (χ3n) is 4.94. The van der Waals surface area contributed by atoms with Gasteiger partial charge in [-0.05, 0) is 19.1 Å². The normalized spacial score (nSPS) is 18.2. The fraction of sp³-hybridized carbons (Fsp3) is 0.273. The van der Waals surface area contributed by atoms with Crippen molar-refractivity contribution in [1.82, 2.24) is 4.90 Å². The van der Waals surface area contributed by atoms with E-state index < -0.39 is 17.7 Å². The Labute approximate surface area is 168 Å². The molecule has 2 aromatic rings. The number of aryl methyl sites for hydroxylation is 1. The molecule has 1 fully saturated rings. The van der Waals surface area contributed by atoms with Crippen molar-refractivity contribution in [3.05, 3.63) is 64.7 Å². The van der Waals surface area contributed by atoms with Crippen LogP contribution in [0.1, 0.15) is 22.7 Å². The van der Waals surface area contributed by atoms with Crippen LogP contribution in [0.3, 0.4) is 0 Å². The van der Waals surface area contributed by atoms with Crippen molar-refractivity contribution in [2.75, 3.05) is 27.4 Å². The number of aliphatic hydroxyl groups excluding tert-OH is 2. The van der Waals surface area contributed by atoms with Crippen LogP contribution < -0.4 is 9.47 Å². The number of ketones is 1. The van der Waals surface area contributed by atoms with Gasteiger partial charge in [-0.2, -0.15) is 0 Å². The second-order valence-electron chi connectivity index (χ2n) is 6.69. The Morgan fingerprint density at radius 2 is 1.76 bits per heavy atom. The molecule has 2 N–H and O–H groups in total. The van der Waals surface area contributed by atoms with E-state index in [2.05, 4.69) is 0 Å². The van der Waals surface area contributed by atoms with Crippen LogP contribution in [0, 0.1) is 6.92 Å². The summed E-state index contributed by atoms with van der Waals surface area (Å²) in [5, 5.41) is 20.4. The number of benzene rings is 2. The maximum absolute atomic E-state index is 12.8. The number of nitrogens with zero attached hydrogens (tertiary/aromatic N) is 1. The summed E-state index contributed by atoms with van der Waals surface area (Å²) in [7, 11) is 2.99. The van der Waals surface area contributed by atoms with Crippen molar-refractivity contribution in [2.45, 2.75) is 13.0 Å². The minimum absolute atomic E-state index is 0.0456. The summed E-state index contributed by atoms with van der Waals surface area (Å²) in [6.45, 7) is 1.52. The largest absolute Gasteiger partial charge is 0.507 e. The Hall–Kier alpha value is -3.32. The van der Waals surface area contributed by atoms with Crippen LogP contribution in [0.15, 0.2) is 48.0 Å². The fourth-order valence-electron chi connectivity index (χ4n) is 3.45. The number of hydrogen-bond acceptors (Lipinski definition) is 6. The Balaban J connectivity index is 2.23. The van der Waals surface area contributed by atoms with Gasteiger partial charge < -0.3 is 24.6 Å². The molecule has 0 saturated carbocycles. The van der Waals surface area contributed by atoms with Crippen LogP contribution in [0.5, 0.6) is 11.5 Å². The monoisotopic (exact) mass is 397 g/mol. The van der Waals surface area contributed by atoms with Gasteiger partial charge in [0.25, 0.3) is 11.7 Å². The number of likely N-dealkylation sites (tertiary alicyclic amines) is 1. The molecule has 2 aromatic carbocycles. The van der Waals surface area contributed by atoms with E-state index in [1.165, 1.54) is 19.1 Å². The van der Waals surface area contributed by atoms with Crippen molar-refractivity contribution in [3.63, 3.8) is 0 Å². The molecule has 3 rings (SSSR count). The third kappa shape index (κ3) is 3.69. The second kappa shape index (κ2) is 8.36. The van der Waals surface area contributed by atoms with Gasteiger partial charge in [-0.15, -0.1) is 0 Å². The highest BCUT2D eigenvalue weighted by Gasteiger charge is 2.46. The predicted octanol–water partition coefficient (Wildman–Crippen LogP) is 2.43. The van der Waals surface area contributed by atoms with E-state index in [0.29, 0.717) is 22.6 Å². The van der Waals surface area contributed by atoms with E-state index in [0.717, 1.165) is 5.56 Å². The average molecular weight is 397 g/mol. The van der Waals surface area contributed by atoms with Gasteiger partial charge >= 0.3 is 0 Å². The van der Waals surface area contributed by atoms with E-state index in [9.17, 15) is 19.8 Å². The Bertz CT molecular complexity index is 964. The molecule has 1 heterocycles. The first kappa shape index (κ1) is 20.4. The van der Waals surface area contributed by atoms with Crippen LogP contribution in [0.2, 0.25) is 0 Å². The number of carbonyl (C=O) groups excluding carboxylic acids is 2. The van der Waals surface area contributed by atoms with Gasteiger partial charge in [0.15, 0.2) is 0 Å². The van der Waals surface area contributed by atoms with E-state index in [1.54, 1.807) is 30.3 Å². The van der Waals surface area contributed by atoms with Crippen molar-refractivity contribution < 1.29 is 29.3 Å². The molecule has 1 aliphatic heterocycles. The first-order valence-corrected chi connectivity index (χ1v) is 9.11. The lowest BCUT2D eigenvalue weighted by molar-refractivity contribution is -0.140. The topological polar surface area (TPSA) is 96.3 Å². The summed E-state index contributed by atoms with van der Waals surface area (Å²) in [4.78, 5) is 26.7. The summed E-state index contributed by atoms with van der Waals surface area (Å²) >= 11 is 0. The van der Waals surface area contributed by atoms with Crippen LogP contribution in [-0.2, 0) is 9.59 Å². The molecule has 0 bridgehead atoms. The molecule has 0 aliphatic carbocycles. The molecule has 7 heteroatoms. The zero-order chi connectivity index (χ0) is 21.1. The van der Waals surface area contributed by atoms with Gasteiger partial charge in [0.05, 0.1) is 32.4 Å². The Morgan fingerprint density at radius 3 is 2.34 bits per heavy atom. The number of β-amino-alcohol motifs (C(OH)–C–C–N with tert-alkyl or cyclic N) is 1. The zero-order valence-electron chi connectivity index (χ0n) is 16.5. The lowest BCUT2D eigenvalue weighted by Crippen LogP contribution is -2.32. The van der Waals surface area contributed by atoms with E-state index in [1.807, 2.05) is 19.1 Å². The number of hydrogen-bond donors (Lipinski definition) is 2.